The second-order valence-electron chi connectivity index (χ2n) is 7.98. The molecule has 0 spiro atoms. The number of nitrogens with one attached hydrogen (secondary N) is 2. The number of carbonyl (C=O) groups excluding carboxylic acids is 1. The molecule has 1 saturated heterocycles. The van der Waals surface area contributed by atoms with Crippen molar-refractivity contribution in [1.82, 2.24) is 14.3 Å². The minimum Gasteiger partial charge on any atom is -0.505 e. The average molecular weight is 466 g/mol. The molecule has 1 aliphatic heterocycles. The molecule has 0 atom stereocenters. The Morgan fingerprint density at radius 2 is 1.59 bits per heavy atom. The fraction of sp³-hybridized carbons (Fsp3) is 0.292. The van der Waals surface area contributed by atoms with Gasteiger partial charge in [-0.3, -0.25) is 14.4 Å². The summed E-state index contributed by atoms with van der Waals surface area (Å²) in [5.74, 6) is -0.625. The number of benzene rings is 2. The molecule has 0 unspecified atom stereocenters. The standard InChI is InChI=1S/C24H27N5O5/c1-27-23(32)19(25-15-16-7-4-3-5-8-16)20(24(33)28(27)2)26-18-10-6-9-17(21(18)30)22(31)29-11-13-34-14-12-29/h3-10,25-26,30H,11-15H2,1-2H3. The van der Waals surface area contributed by atoms with Crippen molar-refractivity contribution in [2.45, 2.75) is 6.54 Å². The third-order valence-electron chi connectivity index (χ3n) is 5.85. The number of para-hydroxylation sites is 1. The van der Waals surface area contributed by atoms with Gasteiger partial charge in [-0.15, -0.1) is 0 Å². The first-order chi connectivity index (χ1) is 16.4. The van der Waals surface area contributed by atoms with Crippen LogP contribution >= 0.6 is 0 Å². The van der Waals surface area contributed by atoms with Crippen molar-refractivity contribution in [3.63, 3.8) is 0 Å². The summed E-state index contributed by atoms with van der Waals surface area (Å²) < 4.78 is 7.67. The van der Waals surface area contributed by atoms with Gasteiger partial charge in [0.2, 0.25) is 0 Å². The maximum atomic E-state index is 13.1. The summed E-state index contributed by atoms with van der Waals surface area (Å²) >= 11 is 0. The molecular weight excluding hydrogens is 438 g/mol. The van der Waals surface area contributed by atoms with Gasteiger partial charge in [-0.2, -0.15) is 0 Å². The molecule has 10 nitrogen and oxygen atoms in total. The molecule has 34 heavy (non-hydrogen) atoms. The Morgan fingerprint density at radius 3 is 2.26 bits per heavy atom. The molecule has 1 amide bonds. The van der Waals surface area contributed by atoms with Gasteiger partial charge in [0.05, 0.1) is 24.5 Å². The highest BCUT2D eigenvalue weighted by Crippen LogP contribution is 2.32. The summed E-state index contributed by atoms with van der Waals surface area (Å²) in [5, 5.41) is 16.8. The van der Waals surface area contributed by atoms with Crippen LogP contribution in [0.15, 0.2) is 58.1 Å². The van der Waals surface area contributed by atoms with Crippen molar-refractivity contribution in [2.24, 2.45) is 14.1 Å². The number of phenols is 1. The van der Waals surface area contributed by atoms with Crippen molar-refractivity contribution < 1.29 is 14.6 Å². The van der Waals surface area contributed by atoms with Crippen LogP contribution in [0.1, 0.15) is 15.9 Å². The summed E-state index contributed by atoms with van der Waals surface area (Å²) in [7, 11) is 2.98. The number of hydrogen-bond acceptors (Lipinski definition) is 7. The maximum Gasteiger partial charge on any atom is 0.290 e. The molecular formula is C24H27N5O5. The van der Waals surface area contributed by atoms with Gasteiger partial charge in [-0.1, -0.05) is 36.4 Å². The maximum absolute atomic E-state index is 13.1. The van der Waals surface area contributed by atoms with E-state index in [4.69, 9.17) is 4.74 Å². The van der Waals surface area contributed by atoms with Gasteiger partial charge in [0.15, 0.2) is 5.75 Å². The third kappa shape index (κ3) is 4.53. The number of morpholine rings is 1. The van der Waals surface area contributed by atoms with Crippen LogP contribution in [0.5, 0.6) is 5.75 Å². The van der Waals surface area contributed by atoms with Gasteiger partial charge in [-0.05, 0) is 17.7 Å². The minimum absolute atomic E-state index is 0.0206. The van der Waals surface area contributed by atoms with Crippen LogP contribution in [-0.4, -0.2) is 51.6 Å². The Morgan fingerprint density at radius 1 is 0.941 bits per heavy atom. The van der Waals surface area contributed by atoms with E-state index >= 15 is 0 Å². The first-order valence-corrected chi connectivity index (χ1v) is 10.9. The second-order valence-corrected chi connectivity index (χ2v) is 7.98. The predicted octanol–water partition coefficient (Wildman–Crippen LogP) is 1.62. The Balaban J connectivity index is 1.70. The molecule has 0 radical (unpaired) electrons. The van der Waals surface area contributed by atoms with Gasteiger partial charge in [0, 0.05) is 33.7 Å². The van der Waals surface area contributed by atoms with Crippen molar-refractivity contribution in [1.29, 1.82) is 0 Å². The highest BCUT2D eigenvalue weighted by Gasteiger charge is 2.24. The molecule has 4 rings (SSSR count). The summed E-state index contributed by atoms with van der Waals surface area (Å²) in [6, 6.07) is 14.1. The molecule has 178 valence electrons. The van der Waals surface area contributed by atoms with Gasteiger partial charge in [-0.25, -0.2) is 9.36 Å². The number of amides is 1. The number of carbonyl (C=O) groups is 1. The molecule has 10 heteroatoms. The van der Waals surface area contributed by atoms with Gasteiger partial charge in [0.1, 0.15) is 11.4 Å². The lowest BCUT2D eigenvalue weighted by Gasteiger charge is -2.27. The summed E-state index contributed by atoms with van der Waals surface area (Å²) in [5.41, 5.74) is 0.338. The number of aromatic hydroxyl groups is 1. The number of phenolic OH excluding ortho intramolecular Hbond substituents is 1. The van der Waals surface area contributed by atoms with E-state index in [1.54, 1.807) is 17.0 Å². The van der Waals surface area contributed by atoms with Crippen molar-refractivity contribution in [3.05, 3.63) is 80.4 Å². The molecule has 1 fully saturated rings. The summed E-state index contributed by atoms with van der Waals surface area (Å²) in [6.07, 6.45) is 0. The zero-order valence-electron chi connectivity index (χ0n) is 19.1. The number of nitrogens with zero attached hydrogens (tertiary/aromatic N) is 3. The molecule has 0 bridgehead atoms. The van der Waals surface area contributed by atoms with Gasteiger partial charge < -0.3 is 25.4 Å². The third-order valence-corrected chi connectivity index (χ3v) is 5.85. The quantitative estimate of drug-likeness (QED) is 0.474. The Kier molecular flexibility index (Phi) is 6.69. The molecule has 2 aromatic carbocycles. The minimum atomic E-state index is -0.470. The van der Waals surface area contributed by atoms with E-state index in [-0.39, 0.29) is 34.3 Å². The predicted molar refractivity (Wildman–Crippen MR) is 129 cm³/mol. The van der Waals surface area contributed by atoms with Crippen LogP contribution < -0.4 is 21.8 Å². The summed E-state index contributed by atoms with van der Waals surface area (Å²) in [6.45, 7) is 2.05. The molecule has 0 saturated carbocycles. The summed E-state index contributed by atoms with van der Waals surface area (Å²) in [4.78, 5) is 40.6. The molecule has 2 heterocycles. The normalized spacial score (nSPS) is 13.5. The van der Waals surface area contributed by atoms with Crippen LogP contribution in [0.3, 0.4) is 0 Å². The Bertz CT molecular complexity index is 1310. The van der Waals surface area contributed by atoms with E-state index in [2.05, 4.69) is 10.6 Å². The number of hydrogen-bond donors (Lipinski definition) is 3. The van der Waals surface area contributed by atoms with Gasteiger partial charge in [0.25, 0.3) is 17.0 Å². The highest BCUT2D eigenvalue weighted by molar-refractivity contribution is 5.99. The van der Waals surface area contributed by atoms with Crippen LogP contribution in [0.2, 0.25) is 0 Å². The van der Waals surface area contributed by atoms with E-state index in [0.29, 0.717) is 32.8 Å². The number of anilines is 3. The van der Waals surface area contributed by atoms with Crippen molar-refractivity contribution in [3.8, 4) is 5.75 Å². The second kappa shape index (κ2) is 9.84. The van der Waals surface area contributed by atoms with E-state index in [1.165, 1.54) is 29.5 Å². The molecule has 3 aromatic rings. The van der Waals surface area contributed by atoms with Crippen LogP contribution in [0.25, 0.3) is 0 Å². The van der Waals surface area contributed by atoms with Crippen molar-refractivity contribution >= 4 is 23.0 Å². The first-order valence-electron chi connectivity index (χ1n) is 10.9. The zero-order chi connectivity index (χ0) is 24.2. The number of aromatic nitrogens is 2. The molecule has 1 aromatic heterocycles. The number of rotatable bonds is 6. The van der Waals surface area contributed by atoms with Gasteiger partial charge >= 0.3 is 0 Å². The fourth-order valence-electron chi connectivity index (χ4n) is 3.76. The molecule has 1 aliphatic rings. The molecule has 3 N–H and O–H groups in total. The van der Waals surface area contributed by atoms with E-state index in [0.717, 1.165) is 5.56 Å². The van der Waals surface area contributed by atoms with Crippen LogP contribution in [0.4, 0.5) is 17.1 Å². The smallest absolute Gasteiger partial charge is 0.290 e. The van der Waals surface area contributed by atoms with Crippen LogP contribution in [-0.2, 0) is 25.4 Å². The van der Waals surface area contributed by atoms with E-state index in [1.807, 2.05) is 30.3 Å². The van der Waals surface area contributed by atoms with Crippen molar-refractivity contribution in [2.75, 3.05) is 36.9 Å². The van der Waals surface area contributed by atoms with Crippen LogP contribution in [0, 0.1) is 0 Å². The Hall–Kier alpha value is -4.05. The lowest BCUT2D eigenvalue weighted by Crippen LogP contribution is -2.40. The SMILES string of the molecule is Cn1c(=O)c(NCc2ccccc2)c(Nc2cccc(C(=O)N3CCOCC3)c2O)c(=O)n1C. The average Bonchev–Trinajstić information content (AvgIpc) is 2.87. The zero-order valence-corrected chi connectivity index (χ0v) is 19.1. The van der Waals surface area contributed by atoms with E-state index < -0.39 is 11.1 Å². The lowest BCUT2D eigenvalue weighted by molar-refractivity contribution is 0.0301. The topological polar surface area (TPSA) is 118 Å². The largest absolute Gasteiger partial charge is 0.505 e. The fourth-order valence-corrected chi connectivity index (χ4v) is 3.76. The van der Waals surface area contributed by atoms with E-state index in [9.17, 15) is 19.5 Å². The Labute approximate surface area is 196 Å². The number of ether oxygens (including phenoxy) is 1. The molecule has 0 aliphatic carbocycles. The highest BCUT2D eigenvalue weighted by atomic mass is 16.5. The monoisotopic (exact) mass is 465 g/mol. The first kappa shape index (κ1) is 23.1. The lowest BCUT2D eigenvalue weighted by atomic mass is 10.1.